The molecule has 2 aromatic heterocycles. The van der Waals surface area contributed by atoms with Crippen LogP contribution in [-0.2, 0) is 11.3 Å². The number of amides is 1. The van der Waals surface area contributed by atoms with E-state index in [4.69, 9.17) is 0 Å². The third-order valence-corrected chi connectivity index (χ3v) is 4.22. The van der Waals surface area contributed by atoms with Gasteiger partial charge in [0.1, 0.15) is 18.3 Å². The molecule has 7 heteroatoms. The number of nitrogens with one attached hydrogen (secondary N) is 1. The Morgan fingerprint density at radius 1 is 1.23 bits per heavy atom. The molecule has 134 valence electrons. The first-order chi connectivity index (χ1) is 12.5. The Hall–Kier alpha value is -3.09. The second-order valence-corrected chi connectivity index (χ2v) is 6.35. The fourth-order valence-corrected chi connectivity index (χ4v) is 2.49. The lowest BCUT2D eigenvalue weighted by atomic mass is 10.1. The fraction of sp³-hybridized carbons (Fsp3) is 0.316. The first kappa shape index (κ1) is 17.7. The normalized spacial score (nSPS) is 12.1. The molecule has 0 fully saturated rings. The molecule has 7 nitrogen and oxygen atoms in total. The molecule has 0 radical (unpaired) electrons. The minimum atomic E-state index is -0.329. The summed E-state index contributed by atoms with van der Waals surface area (Å²) in [6.45, 7) is 5.83. The minimum Gasteiger partial charge on any atom is -0.352 e. The number of aryl methyl sites for hydroxylation is 1. The lowest BCUT2D eigenvalue weighted by Gasteiger charge is -2.12. The summed E-state index contributed by atoms with van der Waals surface area (Å²) in [6, 6.07) is 7.87. The minimum absolute atomic E-state index is 0.0621. The van der Waals surface area contributed by atoms with Crippen LogP contribution in [0.2, 0.25) is 0 Å². The number of aromatic nitrogens is 4. The molecule has 1 unspecified atom stereocenters. The summed E-state index contributed by atoms with van der Waals surface area (Å²) in [7, 11) is 0. The lowest BCUT2D eigenvalue weighted by molar-refractivity contribution is -0.122. The van der Waals surface area contributed by atoms with E-state index in [9.17, 15) is 9.59 Å². The Morgan fingerprint density at radius 3 is 2.65 bits per heavy atom. The van der Waals surface area contributed by atoms with Gasteiger partial charge in [-0.25, -0.2) is 15.0 Å². The van der Waals surface area contributed by atoms with Gasteiger partial charge in [-0.05, 0) is 20.3 Å². The predicted octanol–water partition coefficient (Wildman–Crippen LogP) is 2.08. The van der Waals surface area contributed by atoms with Crippen molar-refractivity contribution >= 4 is 16.9 Å². The molecule has 2 heterocycles. The molecular weight excluding hydrogens is 330 g/mol. The number of carbonyl (C=O) groups is 1. The smallest absolute Gasteiger partial charge is 0.264 e. The number of hydrogen-bond donors (Lipinski definition) is 1. The number of rotatable bonds is 5. The largest absolute Gasteiger partial charge is 0.352 e. The van der Waals surface area contributed by atoms with Gasteiger partial charge in [-0.1, -0.05) is 36.8 Å². The summed E-state index contributed by atoms with van der Waals surface area (Å²) in [5.74, 6) is 0.288. The van der Waals surface area contributed by atoms with Crippen molar-refractivity contribution in [2.75, 3.05) is 0 Å². The molecule has 3 aromatic rings. The molecule has 1 amide bonds. The second-order valence-electron chi connectivity index (χ2n) is 6.35. The van der Waals surface area contributed by atoms with E-state index < -0.39 is 0 Å². The Kier molecular flexibility index (Phi) is 5.06. The van der Waals surface area contributed by atoms with E-state index in [1.807, 2.05) is 45.0 Å². The zero-order valence-electron chi connectivity index (χ0n) is 15.1. The summed E-state index contributed by atoms with van der Waals surface area (Å²) in [4.78, 5) is 37.5. The van der Waals surface area contributed by atoms with Gasteiger partial charge in [0, 0.05) is 17.8 Å². The van der Waals surface area contributed by atoms with Gasteiger partial charge in [-0.15, -0.1) is 0 Å². The summed E-state index contributed by atoms with van der Waals surface area (Å²) in [6.07, 6.45) is 3.65. The molecule has 0 saturated carbocycles. The van der Waals surface area contributed by atoms with Crippen molar-refractivity contribution < 1.29 is 4.79 Å². The van der Waals surface area contributed by atoms with Crippen LogP contribution in [0.15, 0.2) is 41.6 Å². The monoisotopic (exact) mass is 351 g/mol. The first-order valence-electron chi connectivity index (χ1n) is 8.56. The van der Waals surface area contributed by atoms with Crippen LogP contribution in [0.25, 0.3) is 22.4 Å². The molecule has 26 heavy (non-hydrogen) atoms. The van der Waals surface area contributed by atoms with Crippen LogP contribution < -0.4 is 10.9 Å². The van der Waals surface area contributed by atoms with Gasteiger partial charge < -0.3 is 5.32 Å². The molecule has 0 spiro atoms. The van der Waals surface area contributed by atoms with Crippen molar-refractivity contribution in [3.63, 3.8) is 0 Å². The SMILES string of the molecule is CCC(C)NC(=O)Cn1cnc2nc(-c3ccc(C)cc3)ncc2c1=O. The Labute approximate surface area is 151 Å². The number of nitrogens with zero attached hydrogens (tertiary/aromatic N) is 4. The molecule has 0 aliphatic carbocycles. The summed E-state index contributed by atoms with van der Waals surface area (Å²) in [5, 5.41) is 3.12. The molecule has 1 aromatic carbocycles. The zero-order chi connectivity index (χ0) is 18.7. The van der Waals surface area contributed by atoms with Crippen molar-refractivity contribution in [2.45, 2.75) is 39.8 Å². The van der Waals surface area contributed by atoms with E-state index in [-0.39, 0.29) is 24.1 Å². The maximum absolute atomic E-state index is 12.6. The molecule has 0 saturated heterocycles. The standard InChI is InChI=1S/C19H21N5O2/c1-4-13(3)22-16(25)10-24-11-21-18-15(19(24)26)9-20-17(23-18)14-7-5-12(2)6-8-14/h5-9,11,13H,4,10H2,1-3H3,(H,22,25). The molecule has 3 rings (SSSR count). The van der Waals surface area contributed by atoms with E-state index in [1.165, 1.54) is 17.1 Å². The third kappa shape index (κ3) is 3.77. The topological polar surface area (TPSA) is 89.8 Å². The Morgan fingerprint density at radius 2 is 1.96 bits per heavy atom. The van der Waals surface area contributed by atoms with Gasteiger partial charge in [-0.2, -0.15) is 0 Å². The van der Waals surface area contributed by atoms with Crippen molar-refractivity contribution in [3.8, 4) is 11.4 Å². The molecule has 1 atom stereocenters. The highest BCUT2D eigenvalue weighted by molar-refractivity contribution is 5.77. The highest BCUT2D eigenvalue weighted by atomic mass is 16.2. The molecular formula is C19H21N5O2. The molecule has 0 aliphatic rings. The number of benzene rings is 1. The maximum atomic E-state index is 12.6. The van der Waals surface area contributed by atoms with Crippen LogP contribution in [0, 0.1) is 6.92 Å². The number of carbonyl (C=O) groups excluding carboxylic acids is 1. The number of fused-ring (bicyclic) bond motifs is 1. The van der Waals surface area contributed by atoms with Crippen molar-refractivity contribution in [1.29, 1.82) is 0 Å². The molecule has 1 N–H and O–H groups in total. The first-order valence-corrected chi connectivity index (χ1v) is 8.56. The van der Waals surface area contributed by atoms with E-state index in [0.717, 1.165) is 17.5 Å². The van der Waals surface area contributed by atoms with Gasteiger partial charge >= 0.3 is 0 Å². The summed E-state index contributed by atoms with van der Waals surface area (Å²) in [5.41, 5.74) is 1.99. The fourth-order valence-electron chi connectivity index (χ4n) is 2.49. The predicted molar refractivity (Wildman–Crippen MR) is 99.7 cm³/mol. The average molecular weight is 351 g/mol. The third-order valence-electron chi connectivity index (χ3n) is 4.22. The van der Waals surface area contributed by atoms with E-state index in [1.54, 1.807) is 0 Å². The second kappa shape index (κ2) is 7.43. The van der Waals surface area contributed by atoms with Gasteiger partial charge in [0.25, 0.3) is 5.56 Å². The number of hydrogen-bond acceptors (Lipinski definition) is 5. The Bertz CT molecular complexity index is 995. The van der Waals surface area contributed by atoms with E-state index in [0.29, 0.717) is 16.9 Å². The highest BCUT2D eigenvalue weighted by Gasteiger charge is 2.12. The van der Waals surface area contributed by atoms with Gasteiger partial charge in [0.05, 0.1) is 0 Å². The van der Waals surface area contributed by atoms with E-state index in [2.05, 4.69) is 20.3 Å². The summed E-state index contributed by atoms with van der Waals surface area (Å²) >= 11 is 0. The van der Waals surface area contributed by atoms with E-state index >= 15 is 0 Å². The quantitative estimate of drug-likeness (QED) is 0.760. The molecule has 0 bridgehead atoms. The molecule has 0 aliphatic heterocycles. The summed E-state index contributed by atoms with van der Waals surface area (Å²) < 4.78 is 1.27. The van der Waals surface area contributed by atoms with Crippen molar-refractivity contribution in [1.82, 2.24) is 24.8 Å². The van der Waals surface area contributed by atoms with Crippen molar-refractivity contribution in [3.05, 3.63) is 52.7 Å². The van der Waals surface area contributed by atoms with Crippen LogP contribution in [0.1, 0.15) is 25.8 Å². The van der Waals surface area contributed by atoms with Gasteiger partial charge in [0.15, 0.2) is 11.5 Å². The Balaban J connectivity index is 1.90. The highest BCUT2D eigenvalue weighted by Crippen LogP contribution is 2.16. The zero-order valence-corrected chi connectivity index (χ0v) is 15.1. The van der Waals surface area contributed by atoms with Crippen molar-refractivity contribution in [2.24, 2.45) is 0 Å². The average Bonchev–Trinajstić information content (AvgIpc) is 2.64. The van der Waals surface area contributed by atoms with Gasteiger partial charge in [-0.3, -0.25) is 14.2 Å². The van der Waals surface area contributed by atoms with Crippen LogP contribution in [0.3, 0.4) is 0 Å². The van der Waals surface area contributed by atoms with Crippen LogP contribution in [0.4, 0.5) is 0 Å². The van der Waals surface area contributed by atoms with Crippen LogP contribution >= 0.6 is 0 Å². The van der Waals surface area contributed by atoms with Crippen LogP contribution in [0.5, 0.6) is 0 Å². The van der Waals surface area contributed by atoms with Gasteiger partial charge in [0.2, 0.25) is 5.91 Å². The maximum Gasteiger partial charge on any atom is 0.264 e. The lowest BCUT2D eigenvalue weighted by Crippen LogP contribution is -2.37. The van der Waals surface area contributed by atoms with Crippen LogP contribution in [-0.4, -0.2) is 31.5 Å².